The maximum Gasteiger partial charge on any atom is 0.321 e. The smallest absolute Gasteiger partial charge is 0.321 e. The molecule has 0 aliphatic carbocycles. The number of urea groups is 1. The first-order valence-electron chi connectivity index (χ1n) is 7.06. The van der Waals surface area contributed by atoms with Gasteiger partial charge in [-0.15, -0.1) is 0 Å². The predicted molar refractivity (Wildman–Crippen MR) is 78.2 cm³/mol. The highest BCUT2D eigenvalue weighted by Gasteiger charge is 2.22. The van der Waals surface area contributed by atoms with E-state index < -0.39 is 5.97 Å². The van der Waals surface area contributed by atoms with Gasteiger partial charge in [-0.25, -0.2) is 4.79 Å². The summed E-state index contributed by atoms with van der Waals surface area (Å²) in [6.45, 7) is 1.38. The van der Waals surface area contributed by atoms with E-state index in [9.17, 15) is 9.59 Å². The monoisotopic (exact) mass is 292 g/mol. The van der Waals surface area contributed by atoms with E-state index in [1.807, 2.05) is 0 Å². The number of aliphatic carboxylic acids is 1. The summed E-state index contributed by atoms with van der Waals surface area (Å²) in [6, 6.07) is 6.70. The van der Waals surface area contributed by atoms with Gasteiger partial charge in [0, 0.05) is 25.4 Å². The molecule has 0 atom stereocenters. The van der Waals surface area contributed by atoms with E-state index in [0.29, 0.717) is 24.3 Å². The van der Waals surface area contributed by atoms with Crippen LogP contribution in [0, 0.1) is 5.92 Å². The van der Waals surface area contributed by atoms with Crippen molar-refractivity contribution in [3.05, 3.63) is 29.8 Å². The number of benzene rings is 1. The lowest BCUT2D eigenvalue weighted by molar-refractivity contribution is -0.136. The number of carboxylic acid groups (broad SMARTS) is 1. The molecule has 6 nitrogen and oxygen atoms in total. The van der Waals surface area contributed by atoms with Gasteiger partial charge in [-0.2, -0.15) is 0 Å². The summed E-state index contributed by atoms with van der Waals surface area (Å²) >= 11 is 0. The molecule has 1 aliphatic heterocycles. The average Bonchev–Trinajstić information content (AvgIpc) is 2.49. The molecule has 1 saturated heterocycles. The van der Waals surface area contributed by atoms with Gasteiger partial charge in [0.05, 0.1) is 6.42 Å². The zero-order valence-corrected chi connectivity index (χ0v) is 11.8. The second-order valence-corrected chi connectivity index (χ2v) is 5.27. The van der Waals surface area contributed by atoms with Crippen LogP contribution in [-0.4, -0.2) is 46.8 Å². The fourth-order valence-corrected chi connectivity index (χ4v) is 2.47. The van der Waals surface area contributed by atoms with Crippen LogP contribution in [0.3, 0.4) is 0 Å². The molecule has 0 saturated carbocycles. The van der Waals surface area contributed by atoms with Crippen LogP contribution < -0.4 is 5.32 Å². The number of piperidine rings is 1. The standard InChI is InChI=1S/C15H20N2O4/c18-10-11-5-7-17(8-6-11)15(21)16-13-4-2-1-3-12(13)9-14(19)20/h1-4,11,18H,5-10H2,(H,16,21)(H,19,20). The minimum atomic E-state index is -0.930. The Morgan fingerprint density at radius 1 is 1.24 bits per heavy atom. The van der Waals surface area contributed by atoms with Gasteiger partial charge >= 0.3 is 12.0 Å². The van der Waals surface area contributed by atoms with Crippen LogP contribution in [0.5, 0.6) is 0 Å². The lowest BCUT2D eigenvalue weighted by Gasteiger charge is -2.31. The molecular formula is C15H20N2O4. The van der Waals surface area contributed by atoms with Gasteiger partial charge in [-0.05, 0) is 30.4 Å². The summed E-state index contributed by atoms with van der Waals surface area (Å²) in [6.07, 6.45) is 1.46. The van der Waals surface area contributed by atoms with Crippen molar-refractivity contribution >= 4 is 17.7 Å². The molecule has 1 aromatic rings. The number of aliphatic hydroxyl groups is 1. The molecule has 0 bridgehead atoms. The summed E-state index contributed by atoms with van der Waals surface area (Å²) < 4.78 is 0. The molecule has 1 aromatic carbocycles. The van der Waals surface area contributed by atoms with Gasteiger partial charge in [0.15, 0.2) is 0 Å². The molecule has 6 heteroatoms. The quantitative estimate of drug-likeness (QED) is 0.785. The van der Waals surface area contributed by atoms with Gasteiger partial charge in [-0.3, -0.25) is 4.79 Å². The molecule has 0 unspecified atom stereocenters. The maximum atomic E-state index is 12.2. The summed E-state index contributed by atoms with van der Waals surface area (Å²) in [5, 5.41) is 20.8. The zero-order chi connectivity index (χ0) is 15.2. The minimum absolute atomic E-state index is 0.122. The van der Waals surface area contributed by atoms with Crippen molar-refractivity contribution in [1.29, 1.82) is 0 Å². The Bertz CT molecular complexity index is 510. The van der Waals surface area contributed by atoms with Gasteiger partial charge in [0.1, 0.15) is 0 Å². The summed E-state index contributed by atoms with van der Waals surface area (Å²) in [4.78, 5) is 24.7. The summed E-state index contributed by atoms with van der Waals surface area (Å²) in [7, 11) is 0. The van der Waals surface area contributed by atoms with Crippen LogP contribution in [0.1, 0.15) is 18.4 Å². The number of rotatable bonds is 4. The molecule has 0 spiro atoms. The van der Waals surface area contributed by atoms with Crippen molar-refractivity contribution < 1.29 is 19.8 Å². The minimum Gasteiger partial charge on any atom is -0.481 e. The van der Waals surface area contributed by atoms with Gasteiger partial charge < -0.3 is 20.4 Å². The maximum absolute atomic E-state index is 12.2. The fourth-order valence-electron chi connectivity index (χ4n) is 2.47. The van der Waals surface area contributed by atoms with Crippen molar-refractivity contribution in [2.24, 2.45) is 5.92 Å². The largest absolute Gasteiger partial charge is 0.481 e. The third kappa shape index (κ3) is 4.19. The Balaban J connectivity index is 1.98. The third-order valence-corrected chi connectivity index (χ3v) is 3.76. The average molecular weight is 292 g/mol. The van der Waals surface area contributed by atoms with E-state index in [0.717, 1.165) is 12.8 Å². The fraction of sp³-hybridized carbons (Fsp3) is 0.467. The topological polar surface area (TPSA) is 89.9 Å². The molecule has 114 valence electrons. The number of nitrogens with one attached hydrogen (secondary N) is 1. The van der Waals surface area contributed by atoms with E-state index in [1.165, 1.54) is 0 Å². The Kier molecular flexibility index (Phi) is 5.16. The Morgan fingerprint density at radius 2 is 1.90 bits per heavy atom. The van der Waals surface area contributed by atoms with Crippen LogP contribution in [0.2, 0.25) is 0 Å². The van der Waals surface area contributed by atoms with Crippen LogP contribution >= 0.6 is 0 Å². The van der Waals surface area contributed by atoms with Crippen molar-refractivity contribution in [3.8, 4) is 0 Å². The van der Waals surface area contributed by atoms with E-state index >= 15 is 0 Å². The van der Waals surface area contributed by atoms with Crippen LogP contribution in [-0.2, 0) is 11.2 Å². The molecule has 0 aromatic heterocycles. The zero-order valence-electron chi connectivity index (χ0n) is 11.8. The van der Waals surface area contributed by atoms with E-state index in [1.54, 1.807) is 29.2 Å². The number of para-hydroxylation sites is 1. The van der Waals surface area contributed by atoms with Crippen LogP contribution in [0.15, 0.2) is 24.3 Å². The number of hydrogen-bond donors (Lipinski definition) is 3. The molecule has 1 heterocycles. The van der Waals surface area contributed by atoms with Crippen LogP contribution in [0.25, 0.3) is 0 Å². The van der Waals surface area contributed by atoms with E-state index in [4.69, 9.17) is 10.2 Å². The highest BCUT2D eigenvalue weighted by molar-refractivity contribution is 5.91. The molecule has 1 fully saturated rings. The van der Waals surface area contributed by atoms with Gasteiger partial charge in [-0.1, -0.05) is 18.2 Å². The number of carbonyl (C=O) groups excluding carboxylic acids is 1. The predicted octanol–water partition coefficient (Wildman–Crippen LogP) is 1.55. The summed E-state index contributed by atoms with van der Waals surface area (Å²) in [5.41, 5.74) is 1.12. The SMILES string of the molecule is O=C(O)Cc1ccccc1NC(=O)N1CCC(CO)CC1. The third-order valence-electron chi connectivity index (χ3n) is 3.76. The highest BCUT2D eigenvalue weighted by Crippen LogP contribution is 2.20. The number of hydrogen-bond acceptors (Lipinski definition) is 3. The normalized spacial score (nSPS) is 15.8. The highest BCUT2D eigenvalue weighted by atomic mass is 16.4. The summed E-state index contributed by atoms with van der Waals surface area (Å²) in [5.74, 6) is -0.659. The van der Waals surface area contributed by atoms with Gasteiger partial charge in [0.25, 0.3) is 0 Å². The Labute approximate surface area is 123 Å². The molecule has 21 heavy (non-hydrogen) atoms. The Morgan fingerprint density at radius 3 is 2.52 bits per heavy atom. The van der Waals surface area contributed by atoms with E-state index in [2.05, 4.69) is 5.32 Å². The number of carbonyl (C=O) groups is 2. The molecule has 1 aliphatic rings. The van der Waals surface area contributed by atoms with Crippen molar-refractivity contribution in [1.82, 2.24) is 4.90 Å². The first-order chi connectivity index (χ1) is 10.1. The number of nitrogens with zero attached hydrogens (tertiary/aromatic N) is 1. The molecule has 3 N–H and O–H groups in total. The number of aliphatic hydroxyl groups excluding tert-OH is 1. The number of anilines is 1. The number of amides is 2. The molecule has 2 amide bonds. The molecular weight excluding hydrogens is 272 g/mol. The second-order valence-electron chi connectivity index (χ2n) is 5.27. The van der Waals surface area contributed by atoms with Crippen LogP contribution in [0.4, 0.5) is 10.5 Å². The van der Waals surface area contributed by atoms with Crippen molar-refractivity contribution in [2.45, 2.75) is 19.3 Å². The number of carboxylic acids is 1. The van der Waals surface area contributed by atoms with Gasteiger partial charge in [0.2, 0.25) is 0 Å². The number of likely N-dealkylation sites (tertiary alicyclic amines) is 1. The van der Waals surface area contributed by atoms with Crippen molar-refractivity contribution in [2.75, 3.05) is 25.0 Å². The molecule has 0 radical (unpaired) electrons. The lowest BCUT2D eigenvalue weighted by Crippen LogP contribution is -2.41. The first-order valence-corrected chi connectivity index (χ1v) is 7.06. The van der Waals surface area contributed by atoms with E-state index in [-0.39, 0.29) is 25.0 Å². The lowest BCUT2D eigenvalue weighted by atomic mass is 9.98. The second kappa shape index (κ2) is 7.08. The first kappa shape index (κ1) is 15.3. The Hall–Kier alpha value is -2.08. The molecule has 2 rings (SSSR count). The van der Waals surface area contributed by atoms with Crippen molar-refractivity contribution in [3.63, 3.8) is 0 Å².